The summed E-state index contributed by atoms with van der Waals surface area (Å²) < 4.78 is 27.9. The summed E-state index contributed by atoms with van der Waals surface area (Å²) in [5.41, 5.74) is 0.699. The molecule has 7 heteroatoms. The average molecular weight is 386 g/mol. The highest BCUT2D eigenvalue weighted by atomic mass is 32.2. The van der Waals surface area contributed by atoms with Gasteiger partial charge in [-0.2, -0.15) is 4.31 Å². The van der Waals surface area contributed by atoms with E-state index in [1.807, 2.05) is 29.6 Å². The summed E-state index contributed by atoms with van der Waals surface area (Å²) in [6.07, 6.45) is 0. The zero-order valence-corrected chi connectivity index (χ0v) is 15.7. The molecule has 1 amide bonds. The highest BCUT2D eigenvalue weighted by Gasteiger charge is 2.30. The van der Waals surface area contributed by atoms with Crippen LogP contribution in [0.5, 0.6) is 0 Å². The van der Waals surface area contributed by atoms with Gasteiger partial charge in [-0.3, -0.25) is 4.79 Å². The van der Waals surface area contributed by atoms with Gasteiger partial charge in [0, 0.05) is 41.6 Å². The molecule has 5 nitrogen and oxygen atoms in total. The van der Waals surface area contributed by atoms with Gasteiger partial charge >= 0.3 is 0 Å². The second-order valence-corrected chi connectivity index (χ2v) is 9.00. The topological polar surface area (TPSA) is 57.7 Å². The molecule has 1 fully saturated rings. The number of thiophene rings is 1. The number of fused-ring (bicyclic) bond motifs is 1. The molecular weight excluding hydrogens is 368 g/mol. The standard InChI is InChI=1S/C19H18N2O3S2/c22-19(17-14-25-18-9-5-4-8-16(17)18)20-10-12-21(13-11-20)26(23,24)15-6-2-1-3-7-15/h1-9,14H,10-13H2. The Morgan fingerprint density at radius 3 is 2.27 bits per heavy atom. The van der Waals surface area contributed by atoms with Crippen LogP contribution in [0.3, 0.4) is 0 Å². The lowest BCUT2D eigenvalue weighted by Crippen LogP contribution is -2.50. The van der Waals surface area contributed by atoms with E-state index in [9.17, 15) is 13.2 Å². The van der Waals surface area contributed by atoms with Gasteiger partial charge in [-0.15, -0.1) is 11.3 Å². The molecule has 26 heavy (non-hydrogen) atoms. The smallest absolute Gasteiger partial charge is 0.255 e. The largest absolute Gasteiger partial charge is 0.336 e. The fraction of sp³-hybridized carbons (Fsp3) is 0.211. The van der Waals surface area contributed by atoms with Gasteiger partial charge < -0.3 is 4.90 Å². The van der Waals surface area contributed by atoms with Gasteiger partial charge in [-0.05, 0) is 18.2 Å². The molecule has 0 bridgehead atoms. The zero-order valence-electron chi connectivity index (χ0n) is 14.0. The number of amides is 1. The fourth-order valence-electron chi connectivity index (χ4n) is 3.19. The van der Waals surface area contributed by atoms with E-state index >= 15 is 0 Å². The van der Waals surface area contributed by atoms with Crippen molar-refractivity contribution >= 4 is 37.4 Å². The summed E-state index contributed by atoms with van der Waals surface area (Å²) in [5, 5.41) is 2.85. The molecule has 0 atom stereocenters. The van der Waals surface area contributed by atoms with Crippen molar-refractivity contribution in [3.8, 4) is 0 Å². The number of rotatable bonds is 3. The van der Waals surface area contributed by atoms with E-state index in [0.29, 0.717) is 36.6 Å². The number of carbonyl (C=O) groups excluding carboxylic acids is 1. The minimum absolute atomic E-state index is 0.0285. The Labute approximate surface area is 156 Å². The molecule has 2 aromatic carbocycles. The molecule has 1 saturated heterocycles. The minimum atomic E-state index is -3.50. The van der Waals surface area contributed by atoms with Crippen molar-refractivity contribution in [2.75, 3.05) is 26.2 Å². The fourth-order valence-corrected chi connectivity index (χ4v) is 5.56. The summed E-state index contributed by atoms with van der Waals surface area (Å²) in [6.45, 7) is 1.42. The Morgan fingerprint density at radius 2 is 1.54 bits per heavy atom. The molecule has 1 aliphatic heterocycles. The van der Waals surface area contributed by atoms with Crippen molar-refractivity contribution in [3.05, 3.63) is 65.5 Å². The third kappa shape index (κ3) is 3.02. The van der Waals surface area contributed by atoms with E-state index < -0.39 is 10.0 Å². The first kappa shape index (κ1) is 17.2. The maximum Gasteiger partial charge on any atom is 0.255 e. The van der Waals surface area contributed by atoms with Crippen molar-refractivity contribution in [1.82, 2.24) is 9.21 Å². The lowest BCUT2D eigenvalue weighted by molar-refractivity contribution is 0.0700. The molecule has 0 radical (unpaired) electrons. The highest BCUT2D eigenvalue weighted by Crippen LogP contribution is 2.27. The van der Waals surface area contributed by atoms with Gasteiger partial charge in [-0.25, -0.2) is 8.42 Å². The lowest BCUT2D eigenvalue weighted by Gasteiger charge is -2.34. The van der Waals surface area contributed by atoms with Gasteiger partial charge in [0.25, 0.3) is 5.91 Å². The van der Waals surface area contributed by atoms with E-state index in [1.165, 1.54) is 4.31 Å². The number of sulfonamides is 1. The Morgan fingerprint density at radius 1 is 0.885 bits per heavy atom. The maximum atomic E-state index is 12.9. The third-order valence-corrected chi connectivity index (χ3v) is 7.49. The number of piperazine rings is 1. The first-order chi connectivity index (χ1) is 12.6. The molecular formula is C19H18N2O3S2. The van der Waals surface area contributed by atoms with E-state index in [1.54, 1.807) is 46.6 Å². The van der Waals surface area contributed by atoms with Crippen LogP contribution >= 0.6 is 11.3 Å². The maximum absolute atomic E-state index is 12.9. The Kier molecular flexibility index (Phi) is 4.52. The van der Waals surface area contributed by atoms with E-state index in [0.717, 1.165) is 10.1 Å². The summed E-state index contributed by atoms with van der Waals surface area (Å²) in [5.74, 6) is -0.0285. The van der Waals surface area contributed by atoms with Crippen LogP contribution in [0.2, 0.25) is 0 Å². The van der Waals surface area contributed by atoms with Gasteiger partial charge in [0.05, 0.1) is 10.5 Å². The van der Waals surface area contributed by atoms with E-state index in [2.05, 4.69) is 0 Å². The quantitative estimate of drug-likeness (QED) is 0.695. The normalized spacial score (nSPS) is 16.1. The number of carbonyl (C=O) groups is 1. The molecule has 0 unspecified atom stereocenters. The van der Waals surface area contributed by atoms with Gasteiger partial charge in [0.15, 0.2) is 0 Å². The summed E-state index contributed by atoms with van der Waals surface area (Å²) in [7, 11) is -3.50. The Bertz CT molecular complexity index is 1040. The Balaban J connectivity index is 1.49. The van der Waals surface area contributed by atoms with Crippen LogP contribution in [0.1, 0.15) is 10.4 Å². The third-order valence-electron chi connectivity index (χ3n) is 4.62. The van der Waals surface area contributed by atoms with Gasteiger partial charge in [-0.1, -0.05) is 36.4 Å². The summed E-state index contributed by atoms with van der Waals surface area (Å²) in [4.78, 5) is 14.9. The van der Waals surface area contributed by atoms with Crippen LogP contribution in [0.15, 0.2) is 64.9 Å². The number of benzene rings is 2. The van der Waals surface area contributed by atoms with Crippen molar-refractivity contribution < 1.29 is 13.2 Å². The Hall–Kier alpha value is -2.22. The van der Waals surface area contributed by atoms with Crippen LogP contribution in [0, 0.1) is 0 Å². The average Bonchev–Trinajstić information content (AvgIpc) is 3.12. The first-order valence-corrected chi connectivity index (χ1v) is 10.7. The number of hydrogen-bond donors (Lipinski definition) is 0. The lowest BCUT2D eigenvalue weighted by atomic mass is 10.1. The summed E-state index contributed by atoms with van der Waals surface area (Å²) in [6, 6.07) is 16.3. The van der Waals surface area contributed by atoms with Crippen LogP contribution in [-0.4, -0.2) is 49.7 Å². The molecule has 0 aliphatic carbocycles. The van der Waals surface area contributed by atoms with Gasteiger partial charge in [0.1, 0.15) is 0 Å². The monoisotopic (exact) mass is 386 g/mol. The second-order valence-electron chi connectivity index (χ2n) is 6.15. The molecule has 2 heterocycles. The summed E-state index contributed by atoms with van der Waals surface area (Å²) >= 11 is 1.55. The second kappa shape index (κ2) is 6.83. The van der Waals surface area contributed by atoms with Crippen LogP contribution in [0.4, 0.5) is 0 Å². The van der Waals surface area contributed by atoms with Gasteiger partial charge in [0.2, 0.25) is 10.0 Å². The molecule has 4 rings (SSSR count). The van der Waals surface area contributed by atoms with Crippen molar-refractivity contribution in [1.29, 1.82) is 0 Å². The van der Waals surface area contributed by atoms with Crippen LogP contribution in [-0.2, 0) is 10.0 Å². The predicted octanol–water partition coefficient (Wildman–Crippen LogP) is 3.05. The van der Waals surface area contributed by atoms with Crippen molar-refractivity contribution in [3.63, 3.8) is 0 Å². The van der Waals surface area contributed by atoms with Crippen molar-refractivity contribution in [2.24, 2.45) is 0 Å². The molecule has 3 aromatic rings. The number of hydrogen-bond acceptors (Lipinski definition) is 4. The predicted molar refractivity (Wildman–Crippen MR) is 103 cm³/mol. The molecule has 0 saturated carbocycles. The van der Waals surface area contributed by atoms with Crippen LogP contribution in [0.25, 0.3) is 10.1 Å². The van der Waals surface area contributed by atoms with Crippen molar-refractivity contribution in [2.45, 2.75) is 4.90 Å². The molecule has 0 N–H and O–H groups in total. The SMILES string of the molecule is O=C(c1csc2ccccc12)N1CCN(S(=O)(=O)c2ccccc2)CC1. The molecule has 1 aromatic heterocycles. The highest BCUT2D eigenvalue weighted by molar-refractivity contribution is 7.89. The minimum Gasteiger partial charge on any atom is -0.336 e. The molecule has 0 spiro atoms. The molecule has 134 valence electrons. The first-order valence-electron chi connectivity index (χ1n) is 8.38. The molecule has 1 aliphatic rings. The zero-order chi connectivity index (χ0) is 18.1. The number of nitrogens with zero attached hydrogens (tertiary/aromatic N) is 2. The van der Waals surface area contributed by atoms with Crippen LogP contribution < -0.4 is 0 Å². The van der Waals surface area contributed by atoms with E-state index in [4.69, 9.17) is 0 Å². The van der Waals surface area contributed by atoms with E-state index in [-0.39, 0.29) is 5.91 Å².